The van der Waals surface area contributed by atoms with Crippen LogP contribution in [0.25, 0.3) is 33.4 Å². The number of carbonyl (C=O) groups is 2. The van der Waals surface area contributed by atoms with Crippen molar-refractivity contribution in [3.05, 3.63) is 122 Å². The third-order valence-electron chi connectivity index (χ3n) is 11.9. The van der Waals surface area contributed by atoms with Gasteiger partial charge >= 0.3 is 0 Å². The molecule has 22 nitrogen and oxygen atoms in total. The van der Waals surface area contributed by atoms with E-state index in [0.29, 0.717) is 56.9 Å². The van der Waals surface area contributed by atoms with Crippen LogP contribution in [0.1, 0.15) is 0 Å². The van der Waals surface area contributed by atoms with Crippen molar-refractivity contribution in [3.8, 4) is 34.6 Å². The van der Waals surface area contributed by atoms with Gasteiger partial charge in [-0.15, -0.1) is 0 Å². The molecule has 8 aromatic rings. The Morgan fingerprint density at radius 2 is 1.06 bits per heavy atom. The van der Waals surface area contributed by atoms with Crippen LogP contribution in [0, 0.1) is 0 Å². The minimum Gasteiger partial charge on any atom is -0.497 e. The molecule has 2 amide bonds. The summed E-state index contributed by atoms with van der Waals surface area (Å²) in [5.41, 5.74) is 5.58. The molecule has 0 unspecified atom stereocenters. The zero-order valence-electron chi connectivity index (χ0n) is 44.8. The lowest BCUT2D eigenvalue weighted by Gasteiger charge is -2.26. The van der Waals surface area contributed by atoms with E-state index >= 15 is 0 Å². The summed E-state index contributed by atoms with van der Waals surface area (Å²) in [5.74, 6) is 3.52. The van der Waals surface area contributed by atoms with Gasteiger partial charge < -0.3 is 59.8 Å². The first kappa shape index (κ1) is 55.8. The Balaban J connectivity index is 0.000000224. The fourth-order valence-electron chi connectivity index (χ4n) is 7.77. The van der Waals surface area contributed by atoms with Gasteiger partial charge in [-0.2, -0.15) is 20.2 Å². The molecule has 0 saturated carbocycles. The third-order valence-corrected chi connectivity index (χ3v) is 12.2. The zero-order valence-corrected chi connectivity index (χ0v) is 45.5. The number of hydrogen-bond donors (Lipinski definition) is 4. The molecule has 0 aliphatic heterocycles. The Morgan fingerprint density at radius 3 is 1.53 bits per heavy atom. The van der Waals surface area contributed by atoms with Crippen LogP contribution in [-0.2, 0) is 9.59 Å². The molecular weight excluding hydrogens is 1000 g/mol. The predicted molar refractivity (Wildman–Crippen MR) is 305 cm³/mol. The second-order valence-corrected chi connectivity index (χ2v) is 18.2. The quantitative estimate of drug-likeness (QED) is 0.0472. The van der Waals surface area contributed by atoms with Gasteiger partial charge in [-0.3, -0.25) is 9.59 Å². The number of ether oxygens (including phenoxy) is 4. The second kappa shape index (κ2) is 25.5. The van der Waals surface area contributed by atoms with E-state index in [9.17, 15) is 9.59 Å². The summed E-state index contributed by atoms with van der Waals surface area (Å²) < 4.78 is 25.4. The highest BCUT2D eigenvalue weighted by Crippen LogP contribution is 2.40. The maximum atomic E-state index is 12.2. The fraction of sp³-hybridized carbons (Fsp3) is 0.259. The van der Waals surface area contributed by atoms with Crippen molar-refractivity contribution in [2.75, 3.05) is 128 Å². The molecule has 4 aromatic carbocycles. The van der Waals surface area contributed by atoms with Crippen LogP contribution in [0.3, 0.4) is 0 Å². The number of nitrogens with one attached hydrogen (secondary N) is 4. The second-order valence-electron chi connectivity index (χ2n) is 17.8. The lowest BCUT2D eigenvalue weighted by Crippen LogP contribution is -2.29. The first-order chi connectivity index (χ1) is 37.1. The molecule has 0 fully saturated rings. The number of amides is 2. The monoisotopic (exact) mass is 1070 g/mol. The summed E-state index contributed by atoms with van der Waals surface area (Å²) in [6.45, 7) is 10.3. The van der Waals surface area contributed by atoms with Crippen LogP contribution in [0.2, 0.25) is 5.02 Å². The number of methoxy groups -OCH3 is 4. The van der Waals surface area contributed by atoms with Crippen molar-refractivity contribution in [2.24, 2.45) is 0 Å². The lowest BCUT2D eigenvalue weighted by atomic mass is 10.2. The average Bonchev–Trinajstić information content (AvgIpc) is 4.07. The number of anilines is 8. The van der Waals surface area contributed by atoms with Crippen molar-refractivity contribution in [2.45, 2.75) is 0 Å². The van der Waals surface area contributed by atoms with Gasteiger partial charge in [0.05, 0.1) is 92.2 Å². The molecule has 0 aliphatic rings. The number of benzene rings is 4. The maximum Gasteiger partial charge on any atom is 0.247 e. The molecule has 402 valence electrons. The molecule has 77 heavy (non-hydrogen) atoms. The highest BCUT2D eigenvalue weighted by molar-refractivity contribution is 6.32. The summed E-state index contributed by atoms with van der Waals surface area (Å²) in [7, 11) is 18.4. The van der Waals surface area contributed by atoms with Gasteiger partial charge in [0.1, 0.15) is 28.0 Å². The van der Waals surface area contributed by atoms with Crippen LogP contribution in [-0.4, -0.2) is 158 Å². The van der Waals surface area contributed by atoms with Gasteiger partial charge in [0.25, 0.3) is 0 Å². The van der Waals surface area contributed by atoms with Gasteiger partial charge in [0, 0.05) is 75.4 Å². The molecule has 0 spiro atoms. The van der Waals surface area contributed by atoms with Crippen molar-refractivity contribution in [1.82, 2.24) is 49.3 Å². The van der Waals surface area contributed by atoms with Gasteiger partial charge in [0.15, 0.2) is 11.6 Å². The highest BCUT2D eigenvalue weighted by atomic mass is 35.5. The molecular formula is C54H63ClN16O6. The molecule has 0 aliphatic carbocycles. The van der Waals surface area contributed by atoms with E-state index in [1.807, 2.05) is 95.7 Å². The summed E-state index contributed by atoms with van der Waals surface area (Å²) in [6.07, 6.45) is 9.08. The molecule has 0 atom stereocenters. The lowest BCUT2D eigenvalue weighted by molar-refractivity contribution is -0.112. The van der Waals surface area contributed by atoms with Crippen molar-refractivity contribution in [3.63, 3.8) is 0 Å². The van der Waals surface area contributed by atoms with Crippen LogP contribution in [0.4, 0.5) is 46.0 Å². The number of nitrogens with zero attached hydrogens (tertiary/aromatic N) is 12. The number of fused-ring (bicyclic) bond motifs is 2. The van der Waals surface area contributed by atoms with Crippen molar-refractivity contribution >= 4 is 91.2 Å². The summed E-state index contributed by atoms with van der Waals surface area (Å²) in [4.78, 5) is 50.8. The SMILES string of the molecule is C=CC(=O)Nc1cc(Nc2ncc(Cl)c(-n3ncc4cc(OC)ccc43)n2)c(OC)cc1N(C)CCN(C)C.C=CC(=O)Nc1cc(Nc2nccc(-n3ncc4cc(OC)ccc43)n2)c(OC)cc1N(C)CCN(C)C. The number of carbonyl (C=O) groups excluding carboxylic acids is 2. The average molecular weight is 1070 g/mol. The van der Waals surface area contributed by atoms with E-state index in [0.717, 1.165) is 70.9 Å². The molecule has 4 N–H and O–H groups in total. The Kier molecular flexibility index (Phi) is 18.5. The van der Waals surface area contributed by atoms with Gasteiger partial charge in [-0.25, -0.2) is 19.3 Å². The van der Waals surface area contributed by atoms with Crippen LogP contribution < -0.4 is 50.0 Å². The van der Waals surface area contributed by atoms with Gasteiger partial charge in [0.2, 0.25) is 23.7 Å². The number of aromatic nitrogens is 8. The summed E-state index contributed by atoms with van der Waals surface area (Å²) in [6, 6.07) is 20.4. The molecule has 4 heterocycles. The van der Waals surface area contributed by atoms with Crippen LogP contribution in [0.5, 0.6) is 23.0 Å². The number of hydrogen-bond acceptors (Lipinski definition) is 18. The van der Waals surface area contributed by atoms with E-state index in [1.165, 1.54) is 18.3 Å². The van der Waals surface area contributed by atoms with Crippen LogP contribution in [0.15, 0.2) is 117 Å². The summed E-state index contributed by atoms with van der Waals surface area (Å²) >= 11 is 6.49. The van der Waals surface area contributed by atoms with E-state index in [1.54, 1.807) is 74.6 Å². The number of rotatable bonds is 22. The standard InChI is InChI=1S/C27H31ClN8O3.C27H32N8O3/c1-7-25(37)31-20-13-21(24(39-6)14-23(20)35(4)11-10-34(2)3)32-27-29-16-19(28)26(33-27)36-22-9-8-18(38-5)12-17(22)15-30-36;1-7-26(36)30-20-15-21(24(38-6)16-23(20)34(4)13-12-33(2)3)31-27-28-11-10-25(32-27)35-22-9-8-19(37-5)14-18(22)17-29-35/h7-9,12-16H,1,10-11H2,2-6H3,(H,31,37)(H,29,32,33);7-11,14-17H,1,12-13H2,2-6H3,(H,30,36)(H,28,31,32). The molecule has 0 radical (unpaired) electrons. The minimum absolute atomic E-state index is 0.263. The van der Waals surface area contributed by atoms with Gasteiger partial charge in [-0.05, 0) is 88.9 Å². The maximum absolute atomic E-state index is 12.2. The Hall–Kier alpha value is -8.99. The molecule has 8 rings (SSSR count). The Morgan fingerprint density at radius 1 is 0.584 bits per heavy atom. The third kappa shape index (κ3) is 13.7. The van der Waals surface area contributed by atoms with E-state index < -0.39 is 0 Å². The zero-order chi connectivity index (χ0) is 55.3. The van der Waals surface area contributed by atoms with Crippen molar-refractivity contribution in [1.29, 1.82) is 0 Å². The highest BCUT2D eigenvalue weighted by Gasteiger charge is 2.20. The summed E-state index contributed by atoms with van der Waals surface area (Å²) in [5, 5.41) is 23.3. The van der Waals surface area contributed by atoms with Gasteiger partial charge in [-0.1, -0.05) is 24.8 Å². The largest absolute Gasteiger partial charge is 0.497 e. The molecule has 0 bridgehead atoms. The Labute approximate surface area is 451 Å². The number of halogens is 1. The normalized spacial score (nSPS) is 10.9. The topological polar surface area (TPSA) is 219 Å². The number of likely N-dealkylation sites (N-methyl/N-ethyl adjacent to an activating group) is 4. The van der Waals surface area contributed by atoms with E-state index in [-0.39, 0.29) is 17.8 Å². The fourth-order valence-corrected chi connectivity index (χ4v) is 7.95. The smallest absolute Gasteiger partial charge is 0.247 e. The molecule has 4 aromatic heterocycles. The first-order valence-electron chi connectivity index (χ1n) is 24.0. The predicted octanol–water partition coefficient (Wildman–Crippen LogP) is 8.05. The van der Waals surface area contributed by atoms with E-state index in [2.05, 4.69) is 79.3 Å². The molecule has 0 saturated heterocycles. The van der Waals surface area contributed by atoms with Crippen LogP contribution >= 0.6 is 11.6 Å². The minimum atomic E-state index is -0.333. The first-order valence-corrected chi connectivity index (χ1v) is 24.4. The molecule has 23 heteroatoms. The van der Waals surface area contributed by atoms with Crippen molar-refractivity contribution < 1.29 is 28.5 Å². The van der Waals surface area contributed by atoms with E-state index in [4.69, 9.17) is 30.5 Å². The Bertz CT molecular complexity index is 3400.